The lowest BCUT2D eigenvalue weighted by molar-refractivity contribution is -0.134. The van der Waals surface area contributed by atoms with Gasteiger partial charge in [-0.3, -0.25) is 4.79 Å². The maximum atomic E-state index is 14.2. The maximum absolute atomic E-state index is 14.2. The molecule has 0 saturated carbocycles. The Labute approximate surface area is 224 Å². The van der Waals surface area contributed by atoms with Gasteiger partial charge in [0.1, 0.15) is 11.0 Å². The summed E-state index contributed by atoms with van der Waals surface area (Å²) in [6.45, 7) is 9.59. The zero-order chi connectivity index (χ0) is 26.3. The van der Waals surface area contributed by atoms with Crippen molar-refractivity contribution < 1.29 is 22.7 Å². The number of hydrogen-bond acceptors (Lipinski definition) is 7. The van der Waals surface area contributed by atoms with E-state index in [1.54, 1.807) is 80.9 Å². The van der Waals surface area contributed by atoms with E-state index >= 15 is 0 Å². The number of hydrogen-bond donors (Lipinski definition) is 0. The highest BCUT2D eigenvalue weighted by Crippen LogP contribution is 2.42. The largest absolute Gasteiger partial charge is 0.497 e. The van der Waals surface area contributed by atoms with Crippen molar-refractivity contribution in [3.8, 4) is 5.75 Å². The van der Waals surface area contributed by atoms with Crippen molar-refractivity contribution in [2.24, 2.45) is 11.3 Å². The Morgan fingerprint density at radius 2 is 1.72 bits per heavy atom. The third kappa shape index (κ3) is 6.57. The molecule has 0 spiro atoms. The Kier molecular flexibility index (Phi) is 10.1. The number of thioether (sulfide) groups is 2. The number of sulfone groups is 1. The van der Waals surface area contributed by atoms with E-state index < -0.39 is 26.6 Å². The van der Waals surface area contributed by atoms with Gasteiger partial charge in [-0.2, -0.15) is 0 Å². The van der Waals surface area contributed by atoms with E-state index in [1.807, 2.05) is 31.2 Å². The van der Waals surface area contributed by atoms with E-state index in [0.717, 1.165) is 29.2 Å². The minimum Gasteiger partial charge on any atom is -0.497 e. The first-order valence-corrected chi connectivity index (χ1v) is 15.7. The maximum Gasteiger partial charge on any atom is 0.188 e. The molecule has 1 fully saturated rings. The van der Waals surface area contributed by atoms with E-state index in [4.69, 9.17) is 9.47 Å². The van der Waals surface area contributed by atoms with E-state index in [0.29, 0.717) is 0 Å². The molecule has 0 amide bonds. The number of ketones is 1. The van der Waals surface area contributed by atoms with Gasteiger partial charge < -0.3 is 9.47 Å². The number of rotatable bonds is 12. The molecule has 1 unspecified atom stereocenters. The fourth-order valence-corrected chi connectivity index (χ4v) is 9.85. The summed E-state index contributed by atoms with van der Waals surface area (Å²) in [7, 11) is -2.32. The monoisotopic (exact) mass is 548 g/mol. The van der Waals surface area contributed by atoms with Crippen LogP contribution in [0.2, 0.25) is 0 Å². The fourth-order valence-electron chi connectivity index (χ4n) is 4.36. The van der Waals surface area contributed by atoms with Gasteiger partial charge in [0, 0.05) is 5.92 Å². The molecule has 3 atom stereocenters. The standard InChI is InChI=1S/C28H36O5S3/c1-6-24(33-19-21-13-15-22(32-5)16-14-21)28(3,4)26(29)25(20(2)27-34-17-10-18-35-27)36(30,31)23-11-8-7-9-12-23/h6-9,11-16,20,24-25,27H,1,10,17-19H2,2-5H3/t20-,24-,25?/m0/s1. The SMILES string of the molecule is C=C[C@H](OCc1ccc(OC)cc1)C(C)(C)C(=O)C([C@H](C)C1SCCCS1)S(=O)(=O)c1ccccc1. The molecule has 0 radical (unpaired) electrons. The van der Waals surface area contributed by atoms with E-state index in [-0.39, 0.29) is 27.8 Å². The van der Waals surface area contributed by atoms with Gasteiger partial charge in [-0.25, -0.2) is 8.42 Å². The molecule has 36 heavy (non-hydrogen) atoms. The first kappa shape index (κ1) is 28.8. The van der Waals surface area contributed by atoms with Crippen molar-refractivity contribution in [3.05, 3.63) is 72.8 Å². The summed E-state index contributed by atoms with van der Waals surface area (Å²) >= 11 is 3.50. The second-order valence-electron chi connectivity index (χ2n) is 9.50. The van der Waals surface area contributed by atoms with Gasteiger partial charge in [-0.1, -0.05) is 57.2 Å². The van der Waals surface area contributed by atoms with Gasteiger partial charge in [-0.05, 0) is 47.8 Å². The average Bonchev–Trinajstić information content (AvgIpc) is 2.90. The lowest BCUT2D eigenvalue weighted by Gasteiger charge is -2.38. The molecular weight excluding hydrogens is 513 g/mol. The Morgan fingerprint density at radius 3 is 2.28 bits per heavy atom. The van der Waals surface area contributed by atoms with Crippen LogP contribution in [0.5, 0.6) is 5.75 Å². The molecule has 0 aromatic heterocycles. The van der Waals surface area contributed by atoms with Crippen LogP contribution in [0.4, 0.5) is 0 Å². The quantitative estimate of drug-likeness (QED) is 0.300. The summed E-state index contributed by atoms with van der Waals surface area (Å²) in [6.07, 6.45) is 2.02. The first-order valence-electron chi connectivity index (χ1n) is 12.1. The summed E-state index contributed by atoms with van der Waals surface area (Å²) in [5, 5.41) is -1.19. The fraction of sp³-hybridized carbons (Fsp3) is 0.464. The number of methoxy groups -OCH3 is 1. The summed E-state index contributed by atoms with van der Waals surface area (Å²) in [6, 6.07) is 15.8. The van der Waals surface area contributed by atoms with Crippen molar-refractivity contribution in [3.63, 3.8) is 0 Å². The molecule has 0 aliphatic carbocycles. The van der Waals surface area contributed by atoms with Crippen LogP contribution in [-0.2, 0) is 26.0 Å². The molecule has 1 aliphatic heterocycles. The predicted molar refractivity (Wildman–Crippen MR) is 150 cm³/mol. The molecular formula is C28H36O5S3. The highest BCUT2D eigenvalue weighted by atomic mass is 32.2. The minimum atomic E-state index is -3.93. The smallest absolute Gasteiger partial charge is 0.188 e. The van der Waals surface area contributed by atoms with Gasteiger partial charge in [-0.15, -0.1) is 30.1 Å². The van der Waals surface area contributed by atoms with Crippen molar-refractivity contribution >= 4 is 39.1 Å². The molecule has 0 bridgehead atoms. The lowest BCUT2D eigenvalue weighted by Crippen LogP contribution is -2.50. The average molecular weight is 549 g/mol. The van der Waals surface area contributed by atoms with Crippen LogP contribution in [0.15, 0.2) is 72.1 Å². The number of benzene rings is 2. The van der Waals surface area contributed by atoms with Crippen LogP contribution in [-0.4, -0.2) is 48.8 Å². The van der Waals surface area contributed by atoms with Crippen LogP contribution in [0.1, 0.15) is 32.8 Å². The summed E-state index contributed by atoms with van der Waals surface area (Å²) in [5.41, 5.74) is -0.193. The molecule has 196 valence electrons. The molecule has 1 aliphatic rings. The first-order chi connectivity index (χ1) is 17.1. The van der Waals surface area contributed by atoms with Gasteiger partial charge in [0.2, 0.25) is 0 Å². The summed E-state index contributed by atoms with van der Waals surface area (Å²) in [5.74, 6) is 1.97. The van der Waals surface area contributed by atoms with E-state index in [1.165, 1.54) is 0 Å². The topological polar surface area (TPSA) is 69.7 Å². The highest BCUT2D eigenvalue weighted by Gasteiger charge is 2.49. The lowest BCUT2D eigenvalue weighted by atomic mass is 9.78. The number of carbonyl (C=O) groups is 1. The number of carbonyl (C=O) groups excluding carboxylic acids is 1. The molecule has 2 aromatic rings. The predicted octanol–water partition coefficient (Wildman–Crippen LogP) is 6.04. The summed E-state index contributed by atoms with van der Waals surface area (Å²) < 4.78 is 39.3. The molecule has 5 nitrogen and oxygen atoms in total. The van der Waals surface area contributed by atoms with Gasteiger partial charge in [0.25, 0.3) is 0 Å². The highest BCUT2D eigenvalue weighted by molar-refractivity contribution is 8.17. The zero-order valence-corrected chi connectivity index (χ0v) is 23.8. The van der Waals surface area contributed by atoms with Gasteiger partial charge >= 0.3 is 0 Å². The second-order valence-corrected chi connectivity index (χ2v) is 14.4. The molecule has 2 aromatic carbocycles. The van der Waals surface area contributed by atoms with Crippen LogP contribution in [0, 0.1) is 11.3 Å². The number of Topliss-reactive ketones (excluding diaryl/α,β-unsaturated/α-hetero) is 1. The molecule has 3 rings (SSSR count). The van der Waals surface area contributed by atoms with Crippen molar-refractivity contribution in [2.75, 3.05) is 18.6 Å². The van der Waals surface area contributed by atoms with Gasteiger partial charge in [0.15, 0.2) is 15.6 Å². The molecule has 1 saturated heterocycles. The van der Waals surface area contributed by atoms with Crippen molar-refractivity contribution in [1.29, 1.82) is 0 Å². The van der Waals surface area contributed by atoms with Gasteiger partial charge in [0.05, 0.1) is 34.7 Å². The van der Waals surface area contributed by atoms with Crippen molar-refractivity contribution in [1.82, 2.24) is 0 Å². The summed E-state index contributed by atoms with van der Waals surface area (Å²) in [4.78, 5) is 14.4. The Hall–Kier alpha value is -1.74. The normalized spacial score (nSPS) is 17.7. The van der Waals surface area contributed by atoms with Crippen LogP contribution in [0.25, 0.3) is 0 Å². The minimum absolute atomic E-state index is 0.0318. The Bertz CT molecular complexity index is 1110. The molecule has 8 heteroatoms. The second kappa shape index (κ2) is 12.7. The van der Waals surface area contributed by atoms with E-state index in [9.17, 15) is 13.2 Å². The zero-order valence-electron chi connectivity index (χ0n) is 21.4. The Balaban J connectivity index is 1.91. The number of ether oxygens (including phenoxy) is 2. The Morgan fingerprint density at radius 1 is 1.11 bits per heavy atom. The molecule has 0 N–H and O–H groups in total. The van der Waals surface area contributed by atoms with Crippen LogP contribution >= 0.6 is 23.5 Å². The van der Waals surface area contributed by atoms with Crippen LogP contribution in [0.3, 0.4) is 0 Å². The van der Waals surface area contributed by atoms with E-state index in [2.05, 4.69) is 6.58 Å². The third-order valence-corrected chi connectivity index (χ3v) is 12.2. The van der Waals surface area contributed by atoms with Crippen molar-refractivity contribution in [2.45, 2.75) is 54.6 Å². The molecule has 1 heterocycles. The van der Waals surface area contributed by atoms with Crippen LogP contribution < -0.4 is 4.74 Å². The third-order valence-electron chi connectivity index (χ3n) is 6.57.